The number of hydrogen-bond donors (Lipinski definition) is 2. The number of nitrogens with zero attached hydrogens (tertiary/aromatic N) is 3. The van der Waals surface area contributed by atoms with E-state index in [4.69, 9.17) is 4.98 Å². The molecule has 1 amide bonds. The van der Waals surface area contributed by atoms with Crippen molar-refractivity contribution in [3.05, 3.63) is 40.7 Å². The predicted molar refractivity (Wildman–Crippen MR) is 104 cm³/mol. The summed E-state index contributed by atoms with van der Waals surface area (Å²) in [5.74, 6) is 1.27. The Morgan fingerprint density at radius 2 is 2.04 bits per heavy atom. The number of rotatable bonds is 3. The zero-order valence-corrected chi connectivity index (χ0v) is 16.9. The van der Waals surface area contributed by atoms with E-state index in [9.17, 15) is 4.79 Å². The average Bonchev–Trinajstić information content (AvgIpc) is 3.29. The van der Waals surface area contributed by atoms with Crippen LogP contribution in [0.5, 0.6) is 0 Å². The summed E-state index contributed by atoms with van der Waals surface area (Å²) in [5, 5.41) is 10.4. The van der Waals surface area contributed by atoms with Crippen LogP contribution in [0.15, 0.2) is 12.3 Å². The molecule has 1 atom stereocenters. The number of amides is 1. The Morgan fingerprint density at radius 1 is 1.30 bits per heavy atom. The Hall–Kier alpha value is -2.24. The summed E-state index contributed by atoms with van der Waals surface area (Å²) in [6.45, 7) is 10.8. The van der Waals surface area contributed by atoms with Crippen LogP contribution in [0.25, 0.3) is 0 Å². The van der Waals surface area contributed by atoms with Gasteiger partial charge in [-0.25, -0.2) is 9.97 Å². The normalized spacial score (nSPS) is 21.6. The van der Waals surface area contributed by atoms with Crippen LogP contribution in [0.4, 0.5) is 0 Å². The molecule has 0 radical (unpaired) electrons. The zero-order chi connectivity index (χ0) is 19.4. The topological polar surface area (TPSA) is 83.6 Å². The number of aromatic nitrogens is 4. The highest BCUT2D eigenvalue weighted by Gasteiger charge is 2.36. The molecule has 2 aliphatic carbocycles. The van der Waals surface area contributed by atoms with Crippen molar-refractivity contribution in [1.82, 2.24) is 25.5 Å². The maximum atomic E-state index is 12.8. The molecule has 2 N–H and O–H groups in total. The first-order chi connectivity index (χ1) is 12.6. The fourth-order valence-electron chi connectivity index (χ4n) is 3.83. The summed E-state index contributed by atoms with van der Waals surface area (Å²) >= 11 is 0. The molecular weight excluding hydrogens is 338 g/mol. The van der Waals surface area contributed by atoms with E-state index in [1.165, 1.54) is 12.8 Å². The van der Waals surface area contributed by atoms with Crippen molar-refractivity contribution in [1.29, 1.82) is 0 Å². The highest BCUT2D eigenvalue weighted by Crippen LogP contribution is 2.41. The summed E-state index contributed by atoms with van der Waals surface area (Å²) in [7, 11) is 0. The standard InChI is InChI=1S/C21H29N5O/c1-20(2,3)19-22-11-13-16(9-21(4,5)10-17(13)24-19)23-18(27)15-8-14(25-26-15)12-6-7-12/h8,11-12,16H,6-7,9-10H2,1-5H3,(H,23,27)(H,25,26)/t16-/m0/s1. The third kappa shape index (κ3) is 3.75. The molecule has 1 fully saturated rings. The van der Waals surface area contributed by atoms with Crippen LogP contribution in [0.2, 0.25) is 0 Å². The fraction of sp³-hybridized carbons (Fsp3) is 0.619. The maximum Gasteiger partial charge on any atom is 0.272 e. The maximum absolute atomic E-state index is 12.8. The monoisotopic (exact) mass is 367 g/mol. The van der Waals surface area contributed by atoms with Crippen LogP contribution in [0.3, 0.4) is 0 Å². The van der Waals surface area contributed by atoms with E-state index < -0.39 is 0 Å². The summed E-state index contributed by atoms with van der Waals surface area (Å²) in [6, 6.07) is 1.80. The van der Waals surface area contributed by atoms with Gasteiger partial charge in [0.1, 0.15) is 11.5 Å². The quantitative estimate of drug-likeness (QED) is 0.864. The van der Waals surface area contributed by atoms with Crippen molar-refractivity contribution in [2.45, 2.75) is 77.7 Å². The lowest BCUT2D eigenvalue weighted by Gasteiger charge is -2.37. The second-order valence-corrected chi connectivity index (χ2v) is 9.90. The van der Waals surface area contributed by atoms with Gasteiger partial charge < -0.3 is 5.32 Å². The molecule has 6 heteroatoms. The zero-order valence-electron chi connectivity index (χ0n) is 16.9. The largest absolute Gasteiger partial charge is 0.344 e. The number of nitrogens with one attached hydrogen (secondary N) is 2. The molecule has 27 heavy (non-hydrogen) atoms. The molecular formula is C21H29N5O. The van der Waals surface area contributed by atoms with Gasteiger partial charge in [-0.2, -0.15) is 5.10 Å². The van der Waals surface area contributed by atoms with Crippen molar-refractivity contribution >= 4 is 5.91 Å². The van der Waals surface area contributed by atoms with Crippen LogP contribution in [-0.2, 0) is 11.8 Å². The Balaban J connectivity index is 1.59. The molecule has 2 aromatic heterocycles. The van der Waals surface area contributed by atoms with E-state index in [0.717, 1.165) is 35.6 Å². The molecule has 0 spiro atoms. The number of aromatic amines is 1. The first kappa shape index (κ1) is 18.1. The van der Waals surface area contributed by atoms with Gasteiger partial charge in [0, 0.05) is 34.5 Å². The van der Waals surface area contributed by atoms with Crippen molar-refractivity contribution in [3.8, 4) is 0 Å². The van der Waals surface area contributed by atoms with E-state index in [-0.39, 0.29) is 22.8 Å². The molecule has 0 bridgehead atoms. The van der Waals surface area contributed by atoms with Gasteiger partial charge in [-0.15, -0.1) is 0 Å². The minimum atomic E-state index is -0.133. The lowest BCUT2D eigenvalue weighted by molar-refractivity contribution is 0.0913. The highest BCUT2D eigenvalue weighted by atomic mass is 16.2. The first-order valence-electron chi connectivity index (χ1n) is 9.85. The predicted octanol–water partition coefficient (Wildman–Crippen LogP) is 3.82. The summed E-state index contributed by atoms with van der Waals surface area (Å²) in [6.07, 6.45) is 6.03. The summed E-state index contributed by atoms with van der Waals surface area (Å²) in [4.78, 5) is 22.2. The molecule has 144 valence electrons. The van der Waals surface area contributed by atoms with Crippen molar-refractivity contribution in [3.63, 3.8) is 0 Å². The smallest absolute Gasteiger partial charge is 0.272 e. The molecule has 0 aliphatic heterocycles. The van der Waals surface area contributed by atoms with Gasteiger partial charge in [-0.3, -0.25) is 9.89 Å². The Kier molecular flexibility index (Phi) is 4.13. The van der Waals surface area contributed by atoms with Gasteiger partial charge in [0.05, 0.1) is 6.04 Å². The molecule has 0 unspecified atom stereocenters. The van der Waals surface area contributed by atoms with Gasteiger partial charge in [0.25, 0.3) is 5.91 Å². The molecule has 2 aliphatic rings. The summed E-state index contributed by atoms with van der Waals surface area (Å²) in [5.41, 5.74) is 3.60. The number of H-pyrrole nitrogens is 1. The Bertz CT molecular complexity index is 873. The minimum Gasteiger partial charge on any atom is -0.344 e. The van der Waals surface area contributed by atoms with E-state index in [2.05, 4.69) is 55.1 Å². The number of hydrogen-bond acceptors (Lipinski definition) is 4. The van der Waals surface area contributed by atoms with E-state index in [1.54, 1.807) is 0 Å². The average molecular weight is 367 g/mol. The molecule has 0 aromatic carbocycles. The van der Waals surface area contributed by atoms with Gasteiger partial charge in [0.2, 0.25) is 0 Å². The van der Waals surface area contributed by atoms with Crippen LogP contribution in [0.1, 0.15) is 99.1 Å². The van der Waals surface area contributed by atoms with Crippen molar-refractivity contribution in [2.24, 2.45) is 5.41 Å². The second-order valence-electron chi connectivity index (χ2n) is 9.90. The summed E-state index contributed by atoms with van der Waals surface area (Å²) < 4.78 is 0. The first-order valence-corrected chi connectivity index (χ1v) is 9.85. The van der Waals surface area contributed by atoms with Crippen LogP contribution < -0.4 is 5.32 Å². The lowest BCUT2D eigenvalue weighted by atomic mass is 9.74. The van der Waals surface area contributed by atoms with Crippen molar-refractivity contribution in [2.75, 3.05) is 0 Å². The molecule has 0 saturated heterocycles. The lowest BCUT2D eigenvalue weighted by Crippen LogP contribution is -2.37. The third-order valence-electron chi connectivity index (χ3n) is 5.50. The number of carbonyl (C=O) groups is 1. The van der Waals surface area contributed by atoms with E-state index in [0.29, 0.717) is 11.6 Å². The van der Waals surface area contributed by atoms with Gasteiger partial charge in [-0.1, -0.05) is 34.6 Å². The van der Waals surface area contributed by atoms with Crippen LogP contribution in [-0.4, -0.2) is 26.1 Å². The SMILES string of the molecule is CC1(C)Cc2nc(C(C)(C)C)ncc2[C@@H](NC(=O)c2cc(C3CC3)[nH]n2)C1. The van der Waals surface area contributed by atoms with Crippen molar-refractivity contribution < 1.29 is 4.79 Å². The van der Waals surface area contributed by atoms with E-state index in [1.807, 2.05) is 12.3 Å². The van der Waals surface area contributed by atoms with Crippen LogP contribution in [0, 0.1) is 5.41 Å². The second kappa shape index (κ2) is 6.14. The molecule has 6 nitrogen and oxygen atoms in total. The Morgan fingerprint density at radius 3 is 2.70 bits per heavy atom. The van der Waals surface area contributed by atoms with Gasteiger partial charge >= 0.3 is 0 Å². The molecule has 2 heterocycles. The highest BCUT2D eigenvalue weighted by molar-refractivity contribution is 5.92. The number of fused-ring (bicyclic) bond motifs is 1. The third-order valence-corrected chi connectivity index (χ3v) is 5.50. The number of carbonyl (C=O) groups excluding carboxylic acids is 1. The van der Waals surface area contributed by atoms with Gasteiger partial charge in [-0.05, 0) is 37.2 Å². The Labute approximate surface area is 160 Å². The minimum absolute atomic E-state index is 0.0687. The van der Waals surface area contributed by atoms with Crippen LogP contribution >= 0.6 is 0 Å². The molecule has 2 aromatic rings. The molecule has 4 rings (SSSR count). The molecule has 1 saturated carbocycles. The van der Waals surface area contributed by atoms with E-state index >= 15 is 0 Å². The fourth-order valence-corrected chi connectivity index (χ4v) is 3.83. The van der Waals surface area contributed by atoms with Gasteiger partial charge in [0.15, 0.2) is 0 Å².